The lowest BCUT2D eigenvalue weighted by Gasteiger charge is -2.19. The second-order valence-corrected chi connectivity index (χ2v) is 8.13. The molecule has 1 atom stereocenters. The zero-order valence-electron chi connectivity index (χ0n) is 12.2. The first-order chi connectivity index (χ1) is 9.98. The van der Waals surface area contributed by atoms with Crippen LogP contribution in [0.2, 0.25) is 0 Å². The third kappa shape index (κ3) is 3.88. The quantitative estimate of drug-likeness (QED) is 0.852. The van der Waals surface area contributed by atoms with Crippen molar-refractivity contribution in [3.63, 3.8) is 0 Å². The van der Waals surface area contributed by atoms with Crippen molar-refractivity contribution in [2.75, 3.05) is 13.1 Å². The van der Waals surface area contributed by atoms with E-state index in [9.17, 15) is 8.42 Å². The Morgan fingerprint density at radius 1 is 1.43 bits per heavy atom. The standard InChI is InChI=1S/C14H22BrNO4S/c1-2-4-11-5-3-7-16(8-6-11)21(18,19)13-9-12(10-17)20-14(13)15/h9,11,17H,2-8,10H2,1H3. The largest absolute Gasteiger partial charge is 0.450 e. The maximum Gasteiger partial charge on any atom is 0.247 e. The molecule has 0 aliphatic carbocycles. The Hall–Kier alpha value is -0.370. The van der Waals surface area contributed by atoms with Crippen LogP contribution in [0.1, 0.15) is 44.8 Å². The van der Waals surface area contributed by atoms with Crippen LogP contribution in [0.25, 0.3) is 0 Å². The molecule has 5 nitrogen and oxygen atoms in total. The molecule has 120 valence electrons. The topological polar surface area (TPSA) is 70.8 Å². The molecule has 1 aromatic heterocycles. The van der Waals surface area contributed by atoms with E-state index in [0.29, 0.717) is 19.0 Å². The van der Waals surface area contributed by atoms with E-state index in [2.05, 4.69) is 22.9 Å². The third-order valence-corrected chi connectivity index (χ3v) is 6.74. The van der Waals surface area contributed by atoms with Crippen molar-refractivity contribution in [2.45, 2.75) is 50.5 Å². The summed E-state index contributed by atoms with van der Waals surface area (Å²) in [5.74, 6) is 0.870. The Kier molecular flexibility index (Phi) is 5.88. The Morgan fingerprint density at radius 3 is 2.81 bits per heavy atom. The van der Waals surface area contributed by atoms with Gasteiger partial charge in [0.1, 0.15) is 17.3 Å². The summed E-state index contributed by atoms with van der Waals surface area (Å²) in [7, 11) is -3.56. The van der Waals surface area contributed by atoms with Crippen LogP contribution in [-0.4, -0.2) is 30.9 Å². The Morgan fingerprint density at radius 2 is 2.19 bits per heavy atom. The maximum absolute atomic E-state index is 12.7. The molecule has 1 aromatic rings. The highest BCUT2D eigenvalue weighted by molar-refractivity contribution is 9.10. The second-order valence-electron chi connectivity index (χ2n) is 5.50. The normalized spacial score (nSPS) is 21.4. The van der Waals surface area contributed by atoms with Crippen molar-refractivity contribution in [1.29, 1.82) is 0 Å². The van der Waals surface area contributed by atoms with Gasteiger partial charge in [-0.2, -0.15) is 4.31 Å². The Labute approximate surface area is 134 Å². The molecule has 0 radical (unpaired) electrons. The lowest BCUT2D eigenvalue weighted by Crippen LogP contribution is -2.32. The maximum atomic E-state index is 12.7. The van der Waals surface area contributed by atoms with E-state index in [4.69, 9.17) is 9.52 Å². The first-order valence-electron chi connectivity index (χ1n) is 7.38. The number of rotatable bonds is 5. The molecular weight excluding hydrogens is 358 g/mol. The molecule has 1 fully saturated rings. The summed E-state index contributed by atoms with van der Waals surface area (Å²) < 4.78 is 32.3. The summed E-state index contributed by atoms with van der Waals surface area (Å²) in [6.07, 6.45) is 5.21. The zero-order valence-corrected chi connectivity index (χ0v) is 14.6. The highest BCUT2D eigenvalue weighted by Crippen LogP contribution is 2.31. The van der Waals surface area contributed by atoms with Crippen LogP contribution in [0.5, 0.6) is 0 Å². The highest BCUT2D eigenvalue weighted by Gasteiger charge is 2.31. The minimum absolute atomic E-state index is 0.112. The Bertz CT molecular complexity index is 570. The molecule has 21 heavy (non-hydrogen) atoms. The number of hydrogen-bond donors (Lipinski definition) is 1. The lowest BCUT2D eigenvalue weighted by atomic mass is 9.96. The van der Waals surface area contributed by atoms with E-state index in [-0.39, 0.29) is 21.9 Å². The van der Waals surface area contributed by atoms with Crippen LogP contribution < -0.4 is 0 Å². The van der Waals surface area contributed by atoms with Gasteiger partial charge in [0.2, 0.25) is 10.0 Å². The zero-order chi connectivity index (χ0) is 15.5. The van der Waals surface area contributed by atoms with Gasteiger partial charge in [-0.05, 0) is 41.1 Å². The van der Waals surface area contributed by atoms with Crippen LogP contribution in [0.3, 0.4) is 0 Å². The minimum atomic E-state index is -3.56. The van der Waals surface area contributed by atoms with Crippen molar-refractivity contribution < 1.29 is 17.9 Å². The van der Waals surface area contributed by atoms with Gasteiger partial charge in [0.25, 0.3) is 0 Å². The fourth-order valence-electron chi connectivity index (χ4n) is 2.87. The fourth-order valence-corrected chi connectivity index (χ4v) is 5.32. The van der Waals surface area contributed by atoms with E-state index in [1.54, 1.807) is 4.31 Å². The van der Waals surface area contributed by atoms with E-state index in [0.717, 1.165) is 32.1 Å². The number of aliphatic hydroxyl groups excluding tert-OH is 1. The van der Waals surface area contributed by atoms with Crippen LogP contribution >= 0.6 is 15.9 Å². The summed E-state index contributed by atoms with van der Waals surface area (Å²) in [6, 6.07) is 1.40. The van der Waals surface area contributed by atoms with Gasteiger partial charge in [0, 0.05) is 19.2 Å². The predicted molar refractivity (Wildman–Crippen MR) is 83.3 cm³/mol. The van der Waals surface area contributed by atoms with Crippen molar-refractivity contribution in [3.05, 3.63) is 16.5 Å². The van der Waals surface area contributed by atoms with Crippen LogP contribution in [0.4, 0.5) is 0 Å². The van der Waals surface area contributed by atoms with E-state index in [1.165, 1.54) is 6.07 Å². The monoisotopic (exact) mass is 379 g/mol. The van der Waals surface area contributed by atoms with E-state index in [1.807, 2.05) is 0 Å². The van der Waals surface area contributed by atoms with Gasteiger partial charge in [0.05, 0.1) is 0 Å². The van der Waals surface area contributed by atoms with Gasteiger partial charge >= 0.3 is 0 Å². The first kappa shape index (κ1) is 17.0. The molecule has 0 aromatic carbocycles. The van der Waals surface area contributed by atoms with Crippen LogP contribution in [0, 0.1) is 5.92 Å². The molecule has 2 rings (SSSR count). The number of aliphatic hydroxyl groups is 1. The molecular formula is C14H22BrNO4S. The predicted octanol–water partition coefficient (Wildman–Crippen LogP) is 3.13. The summed E-state index contributed by atoms with van der Waals surface area (Å²) in [4.78, 5) is 0.112. The number of furan rings is 1. The van der Waals surface area contributed by atoms with E-state index >= 15 is 0 Å². The Balaban J connectivity index is 2.17. The van der Waals surface area contributed by atoms with E-state index < -0.39 is 10.0 Å². The number of sulfonamides is 1. The SMILES string of the molecule is CCCC1CCCN(S(=O)(=O)c2cc(CO)oc2Br)CC1. The third-order valence-electron chi connectivity index (χ3n) is 3.98. The average Bonchev–Trinajstić information content (AvgIpc) is 2.68. The molecule has 0 amide bonds. The lowest BCUT2D eigenvalue weighted by molar-refractivity contribution is 0.245. The smallest absolute Gasteiger partial charge is 0.247 e. The number of hydrogen-bond acceptors (Lipinski definition) is 4. The summed E-state index contributed by atoms with van der Waals surface area (Å²) in [5, 5.41) is 9.07. The van der Waals surface area contributed by atoms with Crippen LogP contribution in [-0.2, 0) is 16.6 Å². The van der Waals surface area contributed by atoms with Crippen LogP contribution in [0.15, 0.2) is 20.0 Å². The first-order valence-corrected chi connectivity index (χ1v) is 9.61. The molecule has 1 unspecified atom stereocenters. The molecule has 0 saturated carbocycles. The van der Waals surface area contributed by atoms with Gasteiger partial charge in [-0.15, -0.1) is 0 Å². The van der Waals surface area contributed by atoms with Crippen molar-refractivity contribution in [3.8, 4) is 0 Å². The summed E-state index contributed by atoms with van der Waals surface area (Å²) >= 11 is 3.13. The van der Waals surface area contributed by atoms with Gasteiger partial charge in [-0.25, -0.2) is 8.42 Å². The second kappa shape index (κ2) is 7.26. The average molecular weight is 380 g/mol. The van der Waals surface area contributed by atoms with Gasteiger partial charge in [-0.1, -0.05) is 19.8 Å². The van der Waals surface area contributed by atoms with Gasteiger partial charge in [0.15, 0.2) is 4.67 Å². The highest BCUT2D eigenvalue weighted by atomic mass is 79.9. The number of nitrogens with zero attached hydrogens (tertiary/aromatic N) is 1. The molecule has 0 spiro atoms. The van der Waals surface area contributed by atoms with Crippen molar-refractivity contribution >= 4 is 26.0 Å². The minimum Gasteiger partial charge on any atom is -0.450 e. The molecule has 1 N–H and O–H groups in total. The molecule has 7 heteroatoms. The molecule has 0 bridgehead atoms. The molecule has 1 aliphatic rings. The summed E-state index contributed by atoms with van der Waals surface area (Å²) in [5.41, 5.74) is 0. The number of halogens is 1. The van der Waals surface area contributed by atoms with Gasteiger partial charge < -0.3 is 9.52 Å². The molecule has 1 saturated heterocycles. The summed E-state index contributed by atoms with van der Waals surface area (Å²) in [6.45, 7) is 2.96. The van der Waals surface area contributed by atoms with Gasteiger partial charge in [-0.3, -0.25) is 0 Å². The fraction of sp³-hybridized carbons (Fsp3) is 0.714. The molecule has 1 aliphatic heterocycles. The van der Waals surface area contributed by atoms with Crippen molar-refractivity contribution in [2.24, 2.45) is 5.92 Å². The van der Waals surface area contributed by atoms with Crippen molar-refractivity contribution in [1.82, 2.24) is 4.31 Å². The molecule has 2 heterocycles.